The van der Waals surface area contributed by atoms with Crippen LogP contribution in [0.5, 0.6) is 0 Å². The number of aliphatic carboxylic acids is 1. The van der Waals surface area contributed by atoms with Gasteiger partial charge in [-0.2, -0.15) is 0 Å². The fraction of sp³-hybridized carbons (Fsp3) is 0.143. The number of carboxylic acids is 1. The average Bonchev–Trinajstić information content (AvgIpc) is 3.11. The van der Waals surface area contributed by atoms with E-state index in [1.807, 2.05) is 29.2 Å². The molecular weight excluding hydrogens is 344 g/mol. The number of anilines is 2. The highest BCUT2D eigenvalue weighted by Gasteiger charge is 2.27. The summed E-state index contributed by atoms with van der Waals surface area (Å²) in [5, 5.41) is 10.4. The van der Waals surface area contributed by atoms with E-state index in [-0.39, 0.29) is 0 Å². The summed E-state index contributed by atoms with van der Waals surface area (Å²) in [7, 11) is 0. The predicted molar refractivity (Wildman–Crippen MR) is 104 cm³/mol. The Morgan fingerprint density at radius 2 is 1.88 bits per heavy atom. The molecule has 128 valence electrons. The minimum absolute atomic E-state index is 0.334. The number of carboxylic acid groups (broad SMARTS) is 1. The topological polar surface area (TPSA) is 53.4 Å². The number of para-hydroxylation sites is 1. The molecule has 5 heteroatoms. The molecule has 3 aromatic rings. The third kappa shape index (κ3) is 2.35. The quantitative estimate of drug-likeness (QED) is 0.730. The number of aromatic nitrogens is 1. The van der Waals surface area contributed by atoms with Crippen LogP contribution in [0, 0.1) is 0 Å². The minimum atomic E-state index is -0.879. The summed E-state index contributed by atoms with van der Waals surface area (Å²) in [6.45, 7) is 0.334. The van der Waals surface area contributed by atoms with E-state index in [2.05, 4.69) is 24.3 Å². The lowest BCUT2D eigenvalue weighted by atomic mass is 9.94. The second-order valence-electron chi connectivity index (χ2n) is 6.55. The van der Waals surface area contributed by atoms with Crippen LogP contribution in [0.15, 0.2) is 54.1 Å². The zero-order valence-corrected chi connectivity index (χ0v) is 14.8. The van der Waals surface area contributed by atoms with Crippen LogP contribution < -0.4 is 4.90 Å². The normalized spacial score (nSPS) is 14.9. The van der Waals surface area contributed by atoms with E-state index in [1.165, 1.54) is 16.0 Å². The summed E-state index contributed by atoms with van der Waals surface area (Å²) >= 11 is 1.68. The monoisotopic (exact) mass is 360 g/mol. The molecule has 2 aromatic carbocycles. The molecule has 0 unspecified atom stereocenters. The molecule has 1 N–H and O–H groups in total. The highest BCUT2D eigenvalue weighted by atomic mass is 32.1. The third-order valence-electron chi connectivity index (χ3n) is 4.97. The number of hydrogen-bond acceptors (Lipinski definition) is 4. The number of nitrogens with zero attached hydrogens (tertiary/aromatic N) is 2. The van der Waals surface area contributed by atoms with Crippen LogP contribution >= 0.6 is 11.3 Å². The van der Waals surface area contributed by atoms with Gasteiger partial charge in [-0.3, -0.25) is 0 Å². The van der Waals surface area contributed by atoms with Gasteiger partial charge in [0.15, 0.2) is 5.13 Å². The second-order valence-corrected chi connectivity index (χ2v) is 7.61. The Bertz CT molecular complexity index is 1070. The molecule has 0 spiro atoms. The number of carbonyl (C=O) groups is 1. The van der Waals surface area contributed by atoms with Gasteiger partial charge in [0.2, 0.25) is 0 Å². The summed E-state index contributed by atoms with van der Waals surface area (Å²) in [5.74, 6) is -0.879. The summed E-state index contributed by atoms with van der Waals surface area (Å²) in [6, 6.07) is 16.3. The minimum Gasteiger partial charge on any atom is -0.478 e. The second kappa shape index (κ2) is 5.81. The van der Waals surface area contributed by atoms with Gasteiger partial charge in [0.1, 0.15) is 0 Å². The highest BCUT2D eigenvalue weighted by Crippen LogP contribution is 2.43. The molecule has 0 fully saturated rings. The molecule has 0 amide bonds. The van der Waals surface area contributed by atoms with Crippen molar-refractivity contribution in [3.8, 4) is 11.3 Å². The average molecular weight is 360 g/mol. The lowest BCUT2D eigenvalue weighted by Gasteiger charge is -2.27. The molecule has 0 saturated carbocycles. The maximum atomic E-state index is 11.6. The maximum Gasteiger partial charge on any atom is 0.333 e. The van der Waals surface area contributed by atoms with Crippen molar-refractivity contribution >= 4 is 34.2 Å². The van der Waals surface area contributed by atoms with E-state index >= 15 is 0 Å². The zero-order valence-electron chi connectivity index (χ0n) is 14.0. The molecule has 4 nitrogen and oxygen atoms in total. The van der Waals surface area contributed by atoms with Crippen LogP contribution in [0.3, 0.4) is 0 Å². The van der Waals surface area contributed by atoms with Gasteiger partial charge in [-0.25, -0.2) is 9.78 Å². The number of hydrogen-bond donors (Lipinski definition) is 1. The summed E-state index contributed by atoms with van der Waals surface area (Å²) in [5.41, 5.74) is 5.91. The molecular formula is C21H16N2O2S. The first-order valence-corrected chi connectivity index (χ1v) is 9.41. The lowest BCUT2D eigenvalue weighted by Crippen LogP contribution is -2.26. The van der Waals surface area contributed by atoms with Crippen LogP contribution in [-0.4, -0.2) is 22.6 Å². The smallest absolute Gasteiger partial charge is 0.333 e. The Kier molecular flexibility index (Phi) is 3.43. The molecule has 5 rings (SSSR count). The summed E-state index contributed by atoms with van der Waals surface area (Å²) in [6.07, 6.45) is 3.78. The summed E-state index contributed by atoms with van der Waals surface area (Å²) < 4.78 is 0. The van der Waals surface area contributed by atoms with Crippen molar-refractivity contribution in [2.24, 2.45) is 0 Å². The van der Waals surface area contributed by atoms with Crippen molar-refractivity contribution in [1.29, 1.82) is 0 Å². The van der Waals surface area contributed by atoms with Crippen molar-refractivity contribution in [1.82, 2.24) is 4.98 Å². The van der Waals surface area contributed by atoms with Crippen molar-refractivity contribution in [2.45, 2.75) is 12.8 Å². The first kappa shape index (κ1) is 15.3. The number of fused-ring (bicyclic) bond motifs is 4. The highest BCUT2D eigenvalue weighted by molar-refractivity contribution is 7.16. The molecule has 1 aromatic heterocycles. The first-order chi connectivity index (χ1) is 12.7. The van der Waals surface area contributed by atoms with Gasteiger partial charge in [-0.15, -0.1) is 11.3 Å². The largest absolute Gasteiger partial charge is 0.478 e. The Balaban J connectivity index is 1.63. The number of rotatable bonds is 2. The number of benzene rings is 2. The van der Waals surface area contributed by atoms with Gasteiger partial charge in [0.05, 0.1) is 23.5 Å². The first-order valence-electron chi connectivity index (χ1n) is 8.59. The van der Waals surface area contributed by atoms with Gasteiger partial charge in [-0.1, -0.05) is 42.5 Å². The van der Waals surface area contributed by atoms with Gasteiger partial charge < -0.3 is 10.0 Å². The third-order valence-corrected chi connectivity index (χ3v) is 6.11. The fourth-order valence-corrected chi connectivity index (χ4v) is 4.78. The van der Waals surface area contributed by atoms with Crippen LogP contribution in [-0.2, 0) is 17.6 Å². The molecule has 0 saturated heterocycles. The number of aryl methyl sites for hydroxylation is 2. The molecule has 26 heavy (non-hydrogen) atoms. The van der Waals surface area contributed by atoms with Crippen molar-refractivity contribution in [2.75, 3.05) is 11.4 Å². The molecule has 0 radical (unpaired) electrons. The Hall–Kier alpha value is -2.92. The van der Waals surface area contributed by atoms with Crippen LogP contribution in [0.25, 0.3) is 17.3 Å². The lowest BCUT2D eigenvalue weighted by molar-refractivity contribution is -0.132. The molecule has 2 heterocycles. The maximum absolute atomic E-state index is 11.6. The zero-order chi connectivity index (χ0) is 17.7. The molecule has 0 bridgehead atoms. The number of thiazole rings is 1. The van der Waals surface area contributed by atoms with Crippen molar-refractivity contribution in [3.05, 3.63) is 70.1 Å². The van der Waals surface area contributed by atoms with Gasteiger partial charge in [0, 0.05) is 10.4 Å². The van der Waals surface area contributed by atoms with Crippen molar-refractivity contribution in [3.63, 3.8) is 0 Å². The van der Waals surface area contributed by atoms with E-state index in [9.17, 15) is 9.90 Å². The Labute approximate surface area is 155 Å². The standard InChI is InChI=1S/C21H16N2O2S/c24-20(25)15-11-14-6-2-4-8-17(14)23(12-15)21-22-19-16-7-3-1-5-13(16)9-10-18(19)26-21/h1-8,11H,9-10,12H2,(H,24,25). The molecule has 2 aliphatic rings. The van der Waals surface area contributed by atoms with E-state index in [1.54, 1.807) is 17.4 Å². The van der Waals surface area contributed by atoms with E-state index in [0.29, 0.717) is 12.1 Å². The Morgan fingerprint density at radius 3 is 2.77 bits per heavy atom. The fourth-order valence-electron chi connectivity index (χ4n) is 3.70. The molecule has 1 aliphatic carbocycles. The van der Waals surface area contributed by atoms with Gasteiger partial charge in [0.25, 0.3) is 0 Å². The van der Waals surface area contributed by atoms with Crippen LogP contribution in [0.4, 0.5) is 10.8 Å². The molecule has 0 atom stereocenters. The van der Waals surface area contributed by atoms with Gasteiger partial charge >= 0.3 is 5.97 Å². The Morgan fingerprint density at radius 1 is 1.08 bits per heavy atom. The molecule has 1 aliphatic heterocycles. The summed E-state index contributed by atoms with van der Waals surface area (Å²) in [4.78, 5) is 19.8. The van der Waals surface area contributed by atoms with E-state index in [4.69, 9.17) is 4.98 Å². The van der Waals surface area contributed by atoms with E-state index in [0.717, 1.165) is 34.9 Å². The SMILES string of the molecule is O=C(O)C1=Cc2ccccc2N(c2nc3c(s2)CCc2ccccc2-3)C1. The predicted octanol–water partition coefficient (Wildman–Crippen LogP) is 4.53. The van der Waals surface area contributed by atoms with Crippen molar-refractivity contribution < 1.29 is 9.90 Å². The van der Waals surface area contributed by atoms with Crippen LogP contribution in [0.2, 0.25) is 0 Å². The van der Waals surface area contributed by atoms with Gasteiger partial charge in [-0.05, 0) is 36.1 Å². The van der Waals surface area contributed by atoms with Crippen LogP contribution in [0.1, 0.15) is 16.0 Å². The van der Waals surface area contributed by atoms with E-state index < -0.39 is 5.97 Å².